The average molecular weight is 813 g/mol. The first-order chi connectivity index (χ1) is 27.5. The fourth-order valence-electron chi connectivity index (χ4n) is 9.25. The van der Waals surface area contributed by atoms with Crippen molar-refractivity contribution in [3.8, 4) is 0 Å². The van der Waals surface area contributed by atoms with E-state index in [9.17, 15) is 24.0 Å². The normalized spacial score (nSPS) is 23.1. The zero-order valence-electron chi connectivity index (χ0n) is 37.0. The van der Waals surface area contributed by atoms with Gasteiger partial charge in [0.15, 0.2) is 0 Å². The number of likely N-dealkylation sites (tertiary alicyclic amines) is 2. The molecule has 3 aliphatic heterocycles. The molecule has 3 N–H and O–H groups in total. The van der Waals surface area contributed by atoms with Gasteiger partial charge in [-0.25, -0.2) is 4.79 Å². The number of methoxy groups -OCH3 is 3. The highest BCUT2D eigenvalue weighted by Crippen LogP contribution is 2.31. The summed E-state index contributed by atoms with van der Waals surface area (Å²) in [6, 6.07) is 3.56. The molecule has 4 amide bonds. The van der Waals surface area contributed by atoms with Gasteiger partial charge in [-0.05, 0) is 88.1 Å². The van der Waals surface area contributed by atoms with Gasteiger partial charge in [0.25, 0.3) is 0 Å². The van der Waals surface area contributed by atoms with Crippen molar-refractivity contribution in [1.29, 1.82) is 0 Å². The van der Waals surface area contributed by atoms with Crippen LogP contribution in [0.5, 0.6) is 0 Å². The third kappa shape index (κ3) is 10.7. The molecule has 9 atom stereocenters. The van der Waals surface area contributed by atoms with Crippen LogP contribution in [0, 0.1) is 17.8 Å². The van der Waals surface area contributed by atoms with Crippen LogP contribution in [0.4, 0.5) is 5.69 Å². The van der Waals surface area contributed by atoms with Gasteiger partial charge in [-0.1, -0.05) is 53.2 Å². The number of esters is 1. The Morgan fingerprint density at radius 2 is 1.72 bits per heavy atom. The zero-order chi connectivity index (χ0) is 42.9. The molecule has 0 aromatic heterocycles. The molecule has 2 saturated heterocycles. The molecule has 0 unspecified atom stereocenters. The Labute approximate surface area is 346 Å². The van der Waals surface area contributed by atoms with Crippen LogP contribution in [0.3, 0.4) is 0 Å². The number of benzene rings is 1. The van der Waals surface area contributed by atoms with Crippen molar-refractivity contribution >= 4 is 35.3 Å². The number of rotatable bonds is 19. The molecule has 3 heterocycles. The Balaban J connectivity index is 1.47. The molecule has 4 rings (SSSR count). The number of amides is 4. The Bertz CT molecular complexity index is 1590. The summed E-state index contributed by atoms with van der Waals surface area (Å²) in [4.78, 5) is 74.6. The van der Waals surface area contributed by atoms with Gasteiger partial charge in [0.05, 0.1) is 49.3 Å². The Kier molecular flexibility index (Phi) is 17.0. The van der Waals surface area contributed by atoms with E-state index in [1.165, 1.54) is 12.7 Å². The van der Waals surface area contributed by atoms with E-state index in [-0.39, 0.29) is 48.3 Å². The van der Waals surface area contributed by atoms with Gasteiger partial charge in [-0.3, -0.25) is 24.1 Å². The fraction of sp³-hybridized carbons (Fsp3) is 0.750. The molecule has 0 saturated carbocycles. The Morgan fingerprint density at radius 1 is 1.00 bits per heavy atom. The highest BCUT2D eigenvalue weighted by atomic mass is 16.5. The summed E-state index contributed by atoms with van der Waals surface area (Å²) in [6.45, 7) is 13.9. The summed E-state index contributed by atoms with van der Waals surface area (Å²) >= 11 is 0. The maximum absolute atomic E-state index is 14.3. The first-order valence-corrected chi connectivity index (χ1v) is 21.4. The topological polar surface area (TPSA) is 159 Å². The van der Waals surface area contributed by atoms with Gasteiger partial charge in [0.2, 0.25) is 23.6 Å². The maximum Gasteiger partial charge on any atom is 0.328 e. The molecule has 2 fully saturated rings. The van der Waals surface area contributed by atoms with Crippen LogP contribution in [-0.4, -0.2) is 141 Å². The number of anilines is 1. The summed E-state index contributed by atoms with van der Waals surface area (Å²) < 4.78 is 17.1. The average Bonchev–Trinajstić information content (AvgIpc) is 3.84. The van der Waals surface area contributed by atoms with Crippen molar-refractivity contribution in [2.45, 2.75) is 141 Å². The van der Waals surface area contributed by atoms with Crippen LogP contribution in [0.25, 0.3) is 0 Å². The lowest BCUT2D eigenvalue weighted by Crippen LogP contribution is -2.61. The van der Waals surface area contributed by atoms with E-state index in [1.807, 2.05) is 58.7 Å². The SMILES string of the molecule is CC[C@H](C)[C@@H]([C@@H](CC(=O)N1CCC[C@H]1[C@H](OC)[C@@H](C)C(=O)N[C@@H](Cc1ccc2c(c1)CCCN2)C(=O)OC)OC)N(C)C(=O)[C@@H](NC(=O)[C@@]1(C)CCCN1C)C(C)C. The fourth-order valence-corrected chi connectivity index (χ4v) is 9.25. The highest BCUT2D eigenvalue weighted by molar-refractivity contribution is 5.92. The molecule has 0 aliphatic carbocycles. The number of hydrogen-bond acceptors (Lipinski definition) is 10. The molecule has 0 spiro atoms. The number of ether oxygens (including phenoxy) is 3. The highest BCUT2D eigenvalue weighted by Gasteiger charge is 2.45. The second kappa shape index (κ2) is 21.0. The van der Waals surface area contributed by atoms with Gasteiger partial charge in [-0.15, -0.1) is 0 Å². The second-order valence-corrected chi connectivity index (χ2v) is 17.4. The van der Waals surface area contributed by atoms with Crippen LogP contribution >= 0.6 is 0 Å². The second-order valence-electron chi connectivity index (χ2n) is 17.4. The summed E-state index contributed by atoms with van der Waals surface area (Å²) in [7, 11) is 8.10. The van der Waals surface area contributed by atoms with E-state index in [1.54, 1.807) is 38.0 Å². The van der Waals surface area contributed by atoms with Crippen LogP contribution in [0.15, 0.2) is 18.2 Å². The maximum atomic E-state index is 14.3. The first kappa shape index (κ1) is 46.9. The lowest BCUT2D eigenvalue weighted by Gasteiger charge is -2.41. The van der Waals surface area contributed by atoms with Crippen molar-refractivity contribution in [3.63, 3.8) is 0 Å². The third-order valence-corrected chi connectivity index (χ3v) is 13.3. The van der Waals surface area contributed by atoms with Crippen molar-refractivity contribution in [3.05, 3.63) is 29.3 Å². The first-order valence-electron chi connectivity index (χ1n) is 21.4. The Hall–Kier alpha value is -3.75. The van der Waals surface area contributed by atoms with Crippen LogP contribution < -0.4 is 16.0 Å². The van der Waals surface area contributed by atoms with E-state index in [2.05, 4.69) is 22.0 Å². The van der Waals surface area contributed by atoms with Crippen molar-refractivity contribution in [2.24, 2.45) is 17.8 Å². The predicted octanol–water partition coefficient (Wildman–Crippen LogP) is 3.79. The number of hydrogen-bond donors (Lipinski definition) is 3. The molecule has 14 heteroatoms. The van der Waals surface area contributed by atoms with Crippen LogP contribution in [0.2, 0.25) is 0 Å². The lowest BCUT2D eigenvalue weighted by molar-refractivity contribution is -0.149. The number of nitrogens with one attached hydrogen (secondary N) is 3. The number of aryl methyl sites for hydroxylation is 1. The third-order valence-electron chi connectivity index (χ3n) is 13.3. The molecule has 1 aromatic carbocycles. The van der Waals surface area contributed by atoms with E-state index in [0.29, 0.717) is 13.0 Å². The minimum atomic E-state index is -0.899. The molecule has 1 aromatic rings. The summed E-state index contributed by atoms with van der Waals surface area (Å²) in [5.74, 6) is -2.34. The number of nitrogens with zero attached hydrogens (tertiary/aromatic N) is 3. The monoisotopic (exact) mass is 813 g/mol. The van der Waals surface area contributed by atoms with Crippen LogP contribution in [-0.2, 0) is 51.0 Å². The predicted molar refractivity (Wildman–Crippen MR) is 224 cm³/mol. The molecule has 3 aliphatic rings. The summed E-state index contributed by atoms with van der Waals surface area (Å²) in [5, 5.41) is 9.42. The molecule has 0 bridgehead atoms. The van der Waals surface area contributed by atoms with Gasteiger partial charge in [-0.2, -0.15) is 0 Å². The van der Waals surface area contributed by atoms with Gasteiger partial charge < -0.3 is 40.0 Å². The summed E-state index contributed by atoms with van der Waals surface area (Å²) in [6.07, 6.45) is 4.73. The Morgan fingerprint density at radius 3 is 2.33 bits per heavy atom. The quantitative estimate of drug-likeness (QED) is 0.176. The van der Waals surface area contributed by atoms with Crippen LogP contribution in [0.1, 0.15) is 97.6 Å². The van der Waals surface area contributed by atoms with Crippen molar-refractivity contribution < 1.29 is 38.2 Å². The molecular weight excluding hydrogens is 741 g/mol. The minimum Gasteiger partial charge on any atom is -0.467 e. The standard InChI is InChI=1S/C44H72N6O8/c1-12-28(4)38(49(8)41(53)37(27(2)3)47-43(55)44(6)20-15-22-48(44)7)35(56-9)26-36(51)50-23-14-17-34(50)39(57-10)29(5)40(52)46-33(42(54)58-11)25-30-18-19-32-31(24-30)16-13-21-45-32/h18-19,24,27-29,33-35,37-39,45H,12-17,20-23,25-26H2,1-11H3,(H,46,52)(H,47,55)/t28-,29+,33-,34-,35+,37-,38-,39+,44+/m0/s1. The number of carbonyl (C=O) groups excluding carboxylic acids is 5. The largest absolute Gasteiger partial charge is 0.467 e. The molecule has 14 nitrogen and oxygen atoms in total. The zero-order valence-corrected chi connectivity index (χ0v) is 37.0. The van der Waals surface area contributed by atoms with E-state index in [4.69, 9.17) is 14.2 Å². The lowest BCUT2D eigenvalue weighted by atomic mass is 9.89. The number of fused-ring (bicyclic) bond motifs is 1. The summed E-state index contributed by atoms with van der Waals surface area (Å²) in [5.41, 5.74) is 2.52. The molecule has 58 heavy (non-hydrogen) atoms. The minimum absolute atomic E-state index is 0.0128. The molecular formula is C44H72N6O8. The molecule has 0 radical (unpaired) electrons. The molecule has 326 valence electrons. The van der Waals surface area contributed by atoms with E-state index < -0.39 is 53.8 Å². The van der Waals surface area contributed by atoms with Gasteiger partial charge in [0.1, 0.15) is 12.1 Å². The van der Waals surface area contributed by atoms with Crippen molar-refractivity contribution in [1.82, 2.24) is 25.3 Å². The van der Waals surface area contributed by atoms with Gasteiger partial charge in [0, 0.05) is 46.5 Å². The van der Waals surface area contributed by atoms with E-state index >= 15 is 0 Å². The van der Waals surface area contributed by atoms with Crippen molar-refractivity contribution in [2.75, 3.05) is 60.4 Å². The van der Waals surface area contributed by atoms with Gasteiger partial charge >= 0.3 is 5.97 Å². The number of likely N-dealkylation sites (N-methyl/N-ethyl adjacent to an activating group) is 2. The van der Waals surface area contributed by atoms with E-state index in [0.717, 1.165) is 62.9 Å². The number of carbonyl (C=O) groups is 5. The smallest absolute Gasteiger partial charge is 0.328 e.